The Bertz CT molecular complexity index is 1130. The van der Waals surface area contributed by atoms with Crippen molar-refractivity contribution >= 4 is 31.6 Å². The summed E-state index contributed by atoms with van der Waals surface area (Å²) >= 11 is 1.06. The van der Waals surface area contributed by atoms with E-state index in [0.29, 0.717) is 11.1 Å². The van der Waals surface area contributed by atoms with E-state index >= 15 is 0 Å². The van der Waals surface area contributed by atoms with Gasteiger partial charge in [-0.1, -0.05) is 30.4 Å². The summed E-state index contributed by atoms with van der Waals surface area (Å²) in [6, 6.07) is 11.8. The molecule has 0 aliphatic carbocycles. The third kappa shape index (κ3) is 3.99. The highest BCUT2D eigenvalue weighted by molar-refractivity contribution is 7.89. The maximum Gasteiger partial charge on any atom is 0.308 e. The van der Waals surface area contributed by atoms with Crippen LogP contribution in [0.15, 0.2) is 52.2 Å². The van der Waals surface area contributed by atoms with Crippen LogP contribution in [0, 0.1) is 0 Å². The molecule has 0 saturated heterocycles. The Hall–Kier alpha value is -2.16. The van der Waals surface area contributed by atoms with Gasteiger partial charge in [-0.2, -0.15) is 0 Å². The number of sulfonamides is 1. The molecule has 0 saturated carbocycles. The van der Waals surface area contributed by atoms with Crippen molar-refractivity contribution in [2.45, 2.75) is 44.2 Å². The number of methoxy groups -OCH3 is 1. The fourth-order valence-electron chi connectivity index (χ4n) is 3.15. The summed E-state index contributed by atoms with van der Waals surface area (Å²) in [4.78, 5) is 12.3. The number of nitrogens with zero attached hydrogens (tertiary/aromatic N) is 1. The molecule has 1 unspecified atom stereocenters. The normalized spacial score (nSPS) is 13.2. The van der Waals surface area contributed by atoms with Gasteiger partial charge in [0, 0.05) is 12.1 Å². The van der Waals surface area contributed by atoms with Crippen molar-refractivity contribution in [2.24, 2.45) is 0 Å². The Morgan fingerprint density at radius 3 is 2.39 bits per heavy atom. The number of thiazole rings is 1. The maximum absolute atomic E-state index is 13.0. The van der Waals surface area contributed by atoms with Gasteiger partial charge in [0.2, 0.25) is 10.0 Å². The number of ether oxygens (including phenoxy) is 1. The average molecular weight is 421 g/mol. The van der Waals surface area contributed by atoms with Gasteiger partial charge in [-0.05, 0) is 56.2 Å². The highest BCUT2D eigenvalue weighted by Gasteiger charge is 2.22. The van der Waals surface area contributed by atoms with E-state index in [2.05, 4.69) is 4.72 Å². The van der Waals surface area contributed by atoms with Crippen molar-refractivity contribution in [3.63, 3.8) is 0 Å². The Kier molecular flexibility index (Phi) is 5.92. The van der Waals surface area contributed by atoms with Gasteiger partial charge < -0.3 is 4.74 Å². The lowest BCUT2D eigenvalue weighted by Gasteiger charge is -2.18. The molecule has 1 atom stereocenters. The molecule has 0 amide bonds. The van der Waals surface area contributed by atoms with E-state index in [0.717, 1.165) is 28.2 Å². The third-order valence-corrected chi connectivity index (χ3v) is 7.02. The van der Waals surface area contributed by atoms with E-state index in [9.17, 15) is 13.2 Å². The molecule has 0 aliphatic heterocycles. The van der Waals surface area contributed by atoms with Gasteiger partial charge in [-0.25, -0.2) is 13.1 Å². The monoisotopic (exact) mass is 420 g/mol. The second-order valence-electron chi connectivity index (χ2n) is 6.82. The zero-order valence-corrected chi connectivity index (χ0v) is 17.9. The first kappa shape index (κ1) is 20.6. The molecule has 0 spiro atoms. The predicted molar refractivity (Wildman–Crippen MR) is 113 cm³/mol. The minimum Gasteiger partial charge on any atom is -0.497 e. The standard InChI is InChI=1S/C20H24N2O4S2/c1-5-17(14-6-8-15(26-4)9-7-14)21-28(24,25)16-10-11-18-19(12-16)27-20(23)22(18)13(2)3/h6-13,17,21H,5H2,1-4H3. The van der Waals surface area contributed by atoms with Crippen LogP contribution in [0.25, 0.3) is 10.2 Å². The van der Waals surface area contributed by atoms with Gasteiger partial charge >= 0.3 is 4.87 Å². The van der Waals surface area contributed by atoms with Crippen molar-refractivity contribution in [2.75, 3.05) is 7.11 Å². The molecule has 2 aromatic carbocycles. The van der Waals surface area contributed by atoms with Gasteiger partial charge in [0.05, 0.1) is 22.2 Å². The summed E-state index contributed by atoms with van der Waals surface area (Å²) < 4.78 is 36.2. The average Bonchev–Trinajstić information content (AvgIpc) is 3.01. The first-order valence-electron chi connectivity index (χ1n) is 9.08. The minimum atomic E-state index is -3.74. The first-order valence-corrected chi connectivity index (χ1v) is 11.4. The van der Waals surface area contributed by atoms with Crippen LogP contribution >= 0.6 is 11.3 Å². The van der Waals surface area contributed by atoms with Crippen LogP contribution in [0.5, 0.6) is 5.75 Å². The van der Waals surface area contributed by atoms with Crippen molar-refractivity contribution in [1.29, 1.82) is 0 Å². The van der Waals surface area contributed by atoms with Crippen molar-refractivity contribution < 1.29 is 13.2 Å². The molecular weight excluding hydrogens is 396 g/mol. The lowest BCUT2D eigenvalue weighted by atomic mass is 10.1. The van der Waals surface area contributed by atoms with Crippen LogP contribution in [0.2, 0.25) is 0 Å². The van der Waals surface area contributed by atoms with Crippen molar-refractivity contribution in [3.8, 4) is 5.75 Å². The van der Waals surface area contributed by atoms with Gasteiger partial charge in [-0.3, -0.25) is 9.36 Å². The topological polar surface area (TPSA) is 77.4 Å². The molecule has 0 radical (unpaired) electrons. The highest BCUT2D eigenvalue weighted by Crippen LogP contribution is 2.26. The fourth-order valence-corrected chi connectivity index (χ4v) is 5.61. The number of benzene rings is 2. The van der Waals surface area contributed by atoms with Gasteiger partial charge in [0.1, 0.15) is 5.75 Å². The molecule has 3 rings (SSSR count). The van der Waals surface area contributed by atoms with Crippen molar-refractivity contribution in [1.82, 2.24) is 9.29 Å². The smallest absolute Gasteiger partial charge is 0.308 e. The number of nitrogens with one attached hydrogen (secondary N) is 1. The summed E-state index contributed by atoms with van der Waals surface area (Å²) in [6.45, 7) is 5.79. The number of rotatable bonds is 7. The Balaban J connectivity index is 1.93. The van der Waals surface area contributed by atoms with E-state index in [-0.39, 0.29) is 21.9 Å². The van der Waals surface area contributed by atoms with E-state index in [1.165, 1.54) is 0 Å². The molecule has 28 heavy (non-hydrogen) atoms. The van der Waals surface area contributed by atoms with Crippen LogP contribution in [-0.4, -0.2) is 20.1 Å². The molecule has 0 aliphatic rings. The second kappa shape index (κ2) is 8.06. The number of fused-ring (bicyclic) bond motifs is 1. The summed E-state index contributed by atoms with van der Waals surface area (Å²) in [5, 5.41) is 0. The van der Waals surface area contributed by atoms with Crippen LogP contribution < -0.4 is 14.3 Å². The molecule has 0 fully saturated rings. The predicted octanol–water partition coefficient (Wildman–Crippen LogP) is 4.08. The molecule has 8 heteroatoms. The molecule has 1 aromatic heterocycles. The number of aromatic nitrogens is 1. The molecular formula is C20H24N2O4S2. The van der Waals surface area contributed by atoms with Gasteiger partial charge in [-0.15, -0.1) is 0 Å². The molecule has 0 bridgehead atoms. The summed E-state index contributed by atoms with van der Waals surface area (Å²) in [5.41, 5.74) is 1.62. The summed E-state index contributed by atoms with van der Waals surface area (Å²) in [6.07, 6.45) is 0.602. The number of hydrogen-bond acceptors (Lipinski definition) is 5. The minimum absolute atomic E-state index is 0.0152. The van der Waals surface area contributed by atoms with Crippen LogP contribution in [0.3, 0.4) is 0 Å². The quantitative estimate of drug-likeness (QED) is 0.625. The van der Waals surface area contributed by atoms with E-state index in [1.54, 1.807) is 29.9 Å². The molecule has 1 heterocycles. The second-order valence-corrected chi connectivity index (χ2v) is 9.52. The number of hydrogen-bond donors (Lipinski definition) is 1. The SMILES string of the molecule is CCC(NS(=O)(=O)c1ccc2c(c1)sc(=O)n2C(C)C)c1ccc(OC)cc1. The molecule has 150 valence electrons. The fraction of sp³-hybridized carbons (Fsp3) is 0.350. The third-order valence-electron chi connectivity index (χ3n) is 4.64. The Morgan fingerprint density at radius 2 is 1.82 bits per heavy atom. The molecule has 3 aromatic rings. The molecule has 6 nitrogen and oxygen atoms in total. The largest absolute Gasteiger partial charge is 0.497 e. The lowest BCUT2D eigenvalue weighted by Crippen LogP contribution is -2.28. The lowest BCUT2D eigenvalue weighted by molar-refractivity contribution is 0.414. The Morgan fingerprint density at radius 1 is 1.14 bits per heavy atom. The van der Waals surface area contributed by atoms with Crippen LogP contribution in [0.4, 0.5) is 0 Å². The van der Waals surface area contributed by atoms with E-state index < -0.39 is 10.0 Å². The van der Waals surface area contributed by atoms with Crippen LogP contribution in [0.1, 0.15) is 44.8 Å². The highest BCUT2D eigenvalue weighted by atomic mass is 32.2. The van der Waals surface area contributed by atoms with E-state index in [1.807, 2.05) is 45.0 Å². The van der Waals surface area contributed by atoms with Crippen LogP contribution in [-0.2, 0) is 10.0 Å². The maximum atomic E-state index is 13.0. The van der Waals surface area contributed by atoms with E-state index in [4.69, 9.17) is 4.74 Å². The van der Waals surface area contributed by atoms with Crippen molar-refractivity contribution in [3.05, 3.63) is 57.7 Å². The van der Waals surface area contributed by atoms with Gasteiger partial charge in [0.15, 0.2) is 0 Å². The summed E-state index contributed by atoms with van der Waals surface area (Å²) in [7, 11) is -2.15. The molecule has 1 N–H and O–H groups in total. The summed E-state index contributed by atoms with van der Waals surface area (Å²) in [5.74, 6) is 0.719. The first-order chi connectivity index (χ1) is 13.3. The Labute approximate surface area is 168 Å². The zero-order valence-electron chi connectivity index (χ0n) is 16.3. The zero-order chi connectivity index (χ0) is 20.5. The van der Waals surface area contributed by atoms with Gasteiger partial charge in [0.25, 0.3) is 0 Å².